The predicted molar refractivity (Wildman–Crippen MR) is 118 cm³/mol. The summed E-state index contributed by atoms with van der Waals surface area (Å²) in [6, 6.07) is 25.4. The summed E-state index contributed by atoms with van der Waals surface area (Å²) in [5, 5.41) is 8.56. The molecule has 4 rings (SSSR count). The van der Waals surface area contributed by atoms with Gasteiger partial charge in [0.25, 0.3) is 5.91 Å². The lowest BCUT2D eigenvalue weighted by molar-refractivity contribution is 0.102. The van der Waals surface area contributed by atoms with Crippen LogP contribution in [0.5, 0.6) is 0 Å². The second-order valence-electron chi connectivity index (χ2n) is 6.40. The van der Waals surface area contributed by atoms with Gasteiger partial charge >= 0.3 is 0 Å². The second kappa shape index (κ2) is 8.23. The molecule has 0 bridgehead atoms. The average molecular weight is 432 g/mol. The van der Waals surface area contributed by atoms with E-state index in [0.29, 0.717) is 12.1 Å². The van der Waals surface area contributed by atoms with Gasteiger partial charge < -0.3 is 10.6 Å². The van der Waals surface area contributed by atoms with E-state index in [0.717, 1.165) is 32.3 Å². The maximum absolute atomic E-state index is 12.9. The first-order chi connectivity index (χ1) is 13.7. The molecule has 4 nitrogen and oxygen atoms in total. The average Bonchev–Trinajstić information content (AvgIpc) is 2.73. The lowest BCUT2D eigenvalue weighted by atomic mass is 10.1. The fraction of sp³-hybridized carbons (Fsp3) is 0.0435. The molecule has 0 aliphatic rings. The zero-order valence-corrected chi connectivity index (χ0v) is 16.6. The number of carbonyl (C=O) groups excluding carboxylic acids is 1. The van der Waals surface area contributed by atoms with Gasteiger partial charge in [0, 0.05) is 24.1 Å². The van der Waals surface area contributed by atoms with Crippen LogP contribution in [-0.2, 0) is 6.54 Å². The van der Waals surface area contributed by atoms with E-state index in [1.807, 2.05) is 72.8 Å². The third-order valence-electron chi connectivity index (χ3n) is 4.45. The first-order valence-corrected chi connectivity index (χ1v) is 9.72. The van der Waals surface area contributed by atoms with Gasteiger partial charge in [-0.2, -0.15) is 0 Å². The van der Waals surface area contributed by atoms with Crippen LogP contribution in [0.4, 0.5) is 11.4 Å². The number of benzene rings is 3. The van der Waals surface area contributed by atoms with E-state index in [2.05, 4.69) is 37.6 Å². The van der Waals surface area contributed by atoms with Crippen molar-refractivity contribution < 1.29 is 4.79 Å². The molecule has 0 radical (unpaired) electrons. The molecule has 0 aliphatic heterocycles. The van der Waals surface area contributed by atoms with E-state index >= 15 is 0 Å². The van der Waals surface area contributed by atoms with Crippen molar-refractivity contribution in [3.63, 3.8) is 0 Å². The van der Waals surface area contributed by atoms with E-state index in [4.69, 9.17) is 0 Å². The molecule has 5 heteroatoms. The topological polar surface area (TPSA) is 54.0 Å². The summed E-state index contributed by atoms with van der Waals surface area (Å²) in [6.07, 6.45) is 1.80. The Kier molecular flexibility index (Phi) is 5.35. The molecule has 4 aromatic rings. The van der Waals surface area contributed by atoms with Gasteiger partial charge in [0.1, 0.15) is 4.60 Å². The van der Waals surface area contributed by atoms with Crippen molar-refractivity contribution in [1.29, 1.82) is 0 Å². The summed E-state index contributed by atoms with van der Waals surface area (Å²) in [5.74, 6) is -0.146. The van der Waals surface area contributed by atoms with Crippen molar-refractivity contribution >= 4 is 44.0 Å². The van der Waals surface area contributed by atoms with Crippen LogP contribution in [0.1, 0.15) is 15.9 Å². The molecule has 28 heavy (non-hydrogen) atoms. The Morgan fingerprint density at radius 2 is 1.68 bits per heavy atom. The van der Waals surface area contributed by atoms with Crippen molar-refractivity contribution in [1.82, 2.24) is 4.98 Å². The van der Waals surface area contributed by atoms with Crippen LogP contribution in [0.25, 0.3) is 10.8 Å². The molecule has 1 amide bonds. The minimum atomic E-state index is -0.146. The van der Waals surface area contributed by atoms with Crippen LogP contribution in [0.15, 0.2) is 89.7 Å². The third-order valence-corrected chi connectivity index (χ3v) is 4.92. The quantitative estimate of drug-likeness (QED) is 0.389. The standard InChI is InChI=1S/C23H18BrN3O/c24-22-12-9-16(15-26-22)14-25-21-8-4-3-7-20(21)23(28)27-19-11-10-17-5-1-2-6-18(17)13-19/h1-13,15,25H,14H2,(H,27,28). The van der Waals surface area contributed by atoms with Crippen LogP contribution < -0.4 is 10.6 Å². The number of hydrogen-bond acceptors (Lipinski definition) is 3. The number of halogens is 1. The zero-order chi connectivity index (χ0) is 19.3. The number of carbonyl (C=O) groups is 1. The second-order valence-corrected chi connectivity index (χ2v) is 7.22. The van der Waals surface area contributed by atoms with Gasteiger partial charge in [-0.25, -0.2) is 4.98 Å². The van der Waals surface area contributed by atoms with Crippen LogP contribution in [-0.4, -0.2) is 10.9 Å². The number of nitrogens with zero attached hydrogens (tertiary/aromatic N) is 1. The Bertz CT molecular complexity index is 1130. The predicted octanol–water partition coefficient (Wildman–Crippen LogP) is 5.86. The van der Waals surface area contributed by atoms with Crippen molar-refractivity contribution in [3.05, 3.63) is 101 Å². The Balaban J connectivity index is 1.51. The van der Waals surface area contributed by atoms with Crippen molar-refractivity contribution in [3.8, 4) is 0 Å². The Hall–Kier alpha value is -3.18. The van der Waals surface area contributed by atoms with Crippen molar-refractivity contribution in [2.24, 2.45) is 0 Å². The highest BCUT2D eigenvalue weighted by Crippen LogP contribution is 2.22. The van der Waals surface area contributed by atoms with Gasteiger partial charge in [-0.05, 0) is 62.6 Å². The smallest absolute Gasteiger partial charge is 0.257 e. The highest BCUT2D eigenvalue weighted by atomic mass is 79.9. The molecule has 0 fully saturated rings. The van der Waals surface area contributed by atoms with Crippen molar-refractivity contribution in [2.75, 3.05) is 10.6 Å². The summed E-state index contributed by atoms with van der Waals surface area (Å²) >= 11 is 3.33. The van der Waals surface area contributed by atoms with Gasteiger partial charge in [-0.15, -0.1) is 0 Å². The lowest BCUT2D eigenvalue weighted by Crippen LogP contribution is -2.14. The molecule has 0 unspecified atom stereocenters. The molecular formula is C23H18BrN3O. The number of aromatic nitrogens is 1. The van der Waals surface area contributed by atoms with E-state index in [1.54, 1.807) is 6.20 Å². The molecule has 2 N–H and O–H groups in total. The SMILES string of the molecule is O=C(Nc1ccc2ccccc2c1)c1ccccc1NCc1ccc(Br)nc1. The normalized spacial score (nSPS) is 10.6. The summed E-state index contributed by atoms with van der Waals surface area (Å²) in [4.78, 5) is 17.1. The number of amides is 1. The largest absolute Gasteiger partial charge is 0.380 e. The highest BCUT2D eigenvalue weighted by Gasteiger charge is 2.11. The number of anilines is 2. The summed E-state index contributed by atoms with van der Waals surface area (Å²) < 4.78 is 0.798. The lowest BCUT2D eigenvalue weighted by Gasteiger charge is -2.13. The van der Waals surface area contributed by atoms with Gasteiger partial charge in [0.05, 0.1) is 5.56 Å². The molecular weight excluding hydrogens is 414 g/mol. The van der Waals surface area contributed by atoms with Crippen LogP contribution >= 0.6 is 15.9 Å². The van der Waals surface area contributed by atoms with Gasteiger partial charge in [0.15, 0.2) is 0 Å². The molecule has 1 aromatic heterocycles. The highest BCUT2D eigenvalue weighted by molar-refractivity contribution is 9.10. The number of hydrogen-bond donors (Lipinski definition) is 2. The fourth-order valence-electron chi connectivity index (χ4n) is 3.01. The number of fused-ring (bicyclic) bond motifs is 1. The molecule has 0 spiro atoms. The molecule has 3 aromatic carbocycles. The fourth-order valence-corrected chi connectivity index (χ4v) is 3.24. The summed E-state index contributed by atoms with van der Waals surface area (Å²) in [6.45, 7) is 0.584. The molecule has 138 valence electrons. The first-order valence-electron chi connectivity index (χ1n) is 8.92. The molecule has 0 atom stereocenters. The maximum atomic E-state index is 12.9. The van der Waals surface area contributed by atoms with Crippen LogP contribution in [0.2, 0.25) is 0 Å². The van der Waals surface area contributed by atoms with E-state index in [1.165, 1.54) is 0 Å². The number of pyridine rings is 1. The molecule has 0 saturated carbocycles. The van der Waals surface area contributed by atoms with Crippen LogP contribution in [0.3, 0.4) is 0 Å². The van der Waals surface area contributed by atoms with E-state index in [9.17, 15) is 4.79 Å². The van der Waals surface area contributed by atoms with E-state index < -0.39 is 0 Å². The minimum Gasteiger partial charge on any atom is -0.380 e. The maximum Gasteiger partial charge on any atom is 0.257 e. The number of para-hydroxylation sites is 1. The third kappa shape index (κ3) is 4.21. The number of nitrogens with one attached hydrogen (secondary N) is 2. The van der Waals surface area contributed by atoms with Crippen molar-refractivity contribution in [2.45, 2.75) is 6.54 Å². The van der Waals surface area contributed by atoms with Crippen LogP contribution in [0, 0.1) is 0 Å². The first kappa shape index (κ1) is 18.2. The molecule has 1 heterocycles. The molecule has 0 saturated heterocycles. The summed E-state index contributed by atoms with van der Waals surface area (Å²) in [5.41, 5.74) is 3.19. The van der Waals surface area contributed by atoms with Gasteiger partial charge in [-0.3, -0.25) is 4.79 Å². The van der Waals surface area contributed by atoms with Gasteiger partial charge in [0.2, 0.25) is 0 Å². The minimum absolute atomic E-state index is 0.146. The monoisotopic (exact) mass is 431 g/mol. The van der Waals surface area contributed by atoms with E-state index in [-0.39, 0.29) is 5.91 Å². The Morgan fingerprint density at radius 1 is 0.893 bits per heavy atom. The molecule has 0 aliphatic carbocycles. The zero-order valence-electron chi connectivity index (χ0n) is 15.0. The number of rotatable bonds is 5. The van der Waals surface area contributed by atoms with Gasteiger partial charge in [-0.1, -0.05) is 48.5 Å². The Labute approximate surface area is 171 Å². The summed E-state index contributed by atoms with van der Waals surface area (Å²) in [7, 11) is 0. The Morgan fingerprint density at radius 3 is 2.50 bits per heavy atom.